The van der Waals surface area contributed by atoms with Crippen LogP contribution in [-0.4, -0.2) is 94.6 Å². The number of piperidine rings is 2. The summed E-state index contributed by atoms with van der Waals surface area (Å²) in [6.07, 6.45) is 3.56. The largest absolute Gasteiger partial charge is 0.490 e. The molecule has 308 valence electrons. The summed E-state index contributed by atoms with van der Waals surface area (Å²) in [4.78, 5) is 66.6. The van der Waals surface area contributed by atoms with Crippen LogP contribution in [0.1, 0.15) is 103 Å². The Balaban J connectivity index is 0.756. The summed E-state index contributed by atoms with van der Waals surface area (Å²) in [6.45, 7) is 10.8. The molecule has 0 radical (unpaired) electrons. The van der Waals surface area contributed by atoms with Gasteiger partial charge in [0.25, 0.3) is 17.7 Å². The predicted molar refractivity (Wildman–Crippen MR) is 215 cm³/mol. The molecule has 2 saturated carbocycles. The maximum atomic E-state index is 13.4. The molecule has 2 aromatic carbocycles. The monoisotopic (exact) mass is 822 g/mol. The van der Waals surface area contributed by atoms with Crippen molar-refractivity contribution in [1.82, 2.24) is 31.0 Å². The van der Waals surface area contributed by atoms with Gasteiger partial charge < -0.3 is 25.0 Å². The van der Waals surface area contributed by atoms with E-state index in [9.17, 15) is 29.2 Å². The van der Waals surface area contributed by atoms with Crippen LogP contribution in [0.5, 0.6) is 11.5 Å². The van der Waals surface area contributed by atoms with Crippen molar-refractivity contribution < 1.29 is 33.4 Å². The number of fused-ring (bicyclic) bond motifs is 1. The van der Waals surface area contributed by atoms with Gasteiger partial charge in [0.15, 0.2) is 11.5 Å². The van der Waals surface area contributed by atoms with Crippen molar-refractivity contribution >= 4 is 47.0 Å². The number of anilines is 1. The zero-order valence-corrected chi connectivity index (χ0v) is 34.2. The minimum Gasteiger partial charge on any atom is -0.490 e. The fraction of sp³-hybridized carbons (Fsp3) is 0.488. The Labute approximate surface area is 347 Å². The number of nitrogens with one attached hydrogen (secondary N) is 3. The smallest absolute Gasteiger partial charge is 0.272 e. The van der Waals surface area contributed by atoms with E-state index in [1.165, 1.54) is 0 Å². The lowest BCUT2D eigenvalue weighted by atomic mass is 9.49. The molecule has 8 rings (SSSR count). The molecular weight excluding hydrogens is 776 g/mol. The van der Waals surface area contributed by atoms with E-state index in [2.05, 4.69) is 64.8 Å². The molecule has 1 aromatic heterocycles. The first-order chi connectivity index (χ1) is 28.1. The van der Waals surface area contributed by atoms with Crippen LogP contribution in [0, 0.1) is 28.1 Å². The fourth-order valence-electron chi connectivity index (χ4n) is 9.66. The van der Waals surface area contributed by atoms with E-state index in [1.807, 2.05) is 6.07 Å². The van der Waals surface area contributed by atoms with E-state index < -0.39 is 40.5 Å². The molecule has 5 aliphatic rings. The summed E-state index contributed by atoms with van der Waals surface area (Å²) in [7, 11) is 0. The Morgan fingerprint density at radius 1 is 0.915 bits per heavy atom. The predicted octanol–water partition coefficient (Wildman–Crippen LogP) is 4.43. The van der Waals surface area contributed by atoms with Gasteiger partial charge >= 0.3 is 0 Å². The molecule has 15 nitrogen and oxygen atoms in total. The number of hydrogen-bond acceptors (Lipinski definition) is 12. The number of nitriles is 1. The van der Waals surface area contributed by atoms with E-state index in [0.717, 1.165) is 56.0 Å². The van der Waals surface area contributed by atoms with Gasteiger partial charge in [0.2, 0.25) is 11.8 Å². The number of ether oxygens (including phenoxy) is 2. The second-order valence-electron chi connectivity index (χ2n) is 17.5. The number of amides is 5. The van der Waals surface area contributed by atoms with Gasteiger partial charge in [-0.3, -0.25) is 34.2 Å². The number of aromatic nitrogens is 2. The van der Waals surface area contributed by atoms with Gasteiger partial charge in [0.1, 0.15) is 35.8 Å². The van der Waals surface area contributed by atoms with Gasteiger partial charge in [-0.1, -0.05) is 39.3 Å². The van der Waals surface area contributed by atoms with Gasteiger partial charge in [-0.15, -0.1) is 10.2 Å². The number of halogens is 1. The highest BCUT2D eigenvalue weighted by atomic mass is 35.5. The number of imide groups is 2. The van der Waals surface area contributed by atoms with Crippen LogP contribution in [0.4, 0.5) is 5.82 Å². The zero-order chi connectivity index (χ0) is 41.8. The SMILES string of the molecule is CC1(C)[C@H](NC(=O)c2ccc(N3CCC(CN[C@H]4C[C@H](Oc5ccc6c(c5)C(=O)N(C5CCC(=O)NC5=O)C6=O)C4)CC3)nn2)C(C)(C)[C@H]1Oc1ccc(C#N)c(Cl)c1. The summed E-state index contributed by atoms with van der Waals surface area (Å²) in [5.41, 5.74) is 0.267. The fourth-order valence-corrected chi connectivity index (χ4v) is 9.87. The third-order valence-electron chi connectivity index (χ3n) is 12.8. The van der Waals surface area contributed by atoms with Crippen LogP contribution in [0.25, 0.3) is 0 Å². The van der Waals surface area contributed by atoms with Crippen LogP contribution in [0.3, 0.4) is 0 Å². The number of hydrogen-bond donors (Lipinski definition) is 3. The van der Waals surface area contributed by atoms with E-state index in [-0.39, 0.29) is 53.8 Å². The average molecular weight is 823 g/mol. The van der Waals surface area contributed by atoms with Crippen molar-refractivity contribution in [2.45, 2.75) is 96.6 Å². The van der Waals surface area contributed by atoms with E-state index in [1.54, 1.807) is 42.5 Å². The third kappa shape index (κ3) is 7.60. The lowest BCUT2D eigenvalue weighted by Crippen LogP contribution is -2.74. The van der Waals surface area contributed by atoms with E-state index in [0.29, 0.717) is 34.0 Å². The molecule has 16 heteroatoms. The molecule has 5 amide bonds. The van der Waals surface area contributed by atoms with E-state index in [4.69, 9.17) is 21.1 Å². The Morgan fingerprint density at radius 3 is 2.27 bits per heavy atom. The Morgan fingerprint density at radius 2 is 1.61 bits per heavy atom. The van der Waals surface area contributed by atoms with Gasteiger partial charge in [0.05, 0.1) is 21.7 Å². The maximum Gasteiger partial charge on any atom is 0.272 e. The van der Waals surface area contributed by atoms with Gasteiger partial charge in [-0.25, -0.2) is 0 Å². The molecule has 1 unspecified atom stereocenters. The highest BCUT2D eigenvalue weighted by molar-refractivity contribution is 6.31. The minimum atomic E-state index is -1.00. The molecule has 4 heterocycles. The highest BCUT2D eigenvalue weighted by Gasteiger charge is 2.64. The molecule has 1 atom stereocenters. The number of carbonyl (C=O) groups is 5. The summed E-state index contributed by atoms with van der Waals surface area (Å²) in [5, 5.41) is 27.3. The van der Waals surface area contributed by atoms with Crippen LogP contribution in [-0.2, 0) is 9.59 Å². The first-order valence-electron chi connectivity index (χ1n) is 20.2. The first kappa shape index (κ1) is 40.2. The molecule has 3 aliphatic heterocycles. The Kier molecular flexibility index (Phi) is 10.6. The van der Waals surface area contributed by atoms with Crippen LogP contribution < -0.4 is 30.3 Å². The third-order valence-corrected chi connectivity index (χ3v) is 13.1. The second kappa shape index (κ2) is 15.5. The quantitative estimate of drug-likeness (QED) is 0.231. The minimum absolute atomic E-state index is 0.0211. The summed E-state index contributed by atoms with van der Waals surface area (Å²) < 4.78 is 12.5. The topological polar surface area (TPSA) is 196 Å². The molecule has 0 bridgehead atoms. The van der Waals surface area contributed by atoms with E-state index >= 15 is 0 Å². The maximum absolute atomic E-state index is 13.4. The summed E-state index contributed by atoms with van der Waals surface area (Å²) >= 11 is 6.23. The lowest BCUT2D eigenvalue weighted by molar-refractivity contribution is -0.164. The molecule has 2 aliphatic carbocycles. The average Bonchev–Trinajstić information content (AvgIpc) is 3.44. The summed E-state index contributed by atoms with van der Waals surface area (Å²) in [6, 6.07) is 14.6. The molecule has 59 heavy (non-hydrogen) atoms. The summed E-state index contributed by atoms with van der Waals surface area (Å²) in [5.74, 6) is -0.104. The number of benzene rings is 2. The van der Waals surface area contributed by atoms with Crippen molar-refractivity contribution in [1.29, 1.82) is 5.26 Å². The van der Waals surface area contributed by atoms with Gasteiger partial charge in [0, 0.05) is 48.5 Å². The number of carbonyl (C=O) groups excluding carboxylic acids is 5. The highest BCUT2D eigenvalue weighted by Crippen LogP contribution is 2.55. The van der Waals surface area contributed by atoms with Crippen molar-refractivity contribution in [3.63, 3.8) is 0 Å². The molecule has 0 spiro atoms. The van der Waals surface area contributed by atoms with Crippen molar-refractivity contribution in [2.75, 3.05) is 24.5 Å². The van der Waals surface area contributed by atoms with Crippen molar-refractivity contribution in [2.24, 2.45) is 16.7 Å². The number of nitrogens with zero attached hydrogens (tertiary/aromatic N) is 5. The lowest BCUT2D eigenvalue weighted by Gasteiger charge is -2.63. The molecule has 4 fully saturated rings. The second-order valence-corrected chi connectivity index (χ2v) is 17.9. The molecule has 2 saturated heterocycles. The molecule has 3 aromatic rings. The standard InChI is InChI=1S/C43H47ClN8O7/c1-42(2)40(43(3,4)41(42)59-27-6-5-24(21-45)31(44)20-27)48-36(54)32-9-11-34(50-49-32)51-15-13-23(14-16-51)22-46-25-17-28(18-25)58-26-7-8-29-30(19-26)39(57)52(38(29)56)33-10-12-35(53)47-37(33)55/h5-9,11,19-20,23,25,28,33,40-41,46H,10,12-18,22H2,1-4H3,(H,48,54)(H,47,53,55)/t25-,28-,33?,40-,41-. The van der Waals surface area contributed by atoms with Gasteiger partial charge in [-0.2, -0.15) is 5.26 Å². The van der Waals surface area contributed by atoms with Crippen LogP contribution in [0.15, 0.2) is 48.5 Å². The zero-order valence-electron chi connectivity index (χ0n) is 33.4. The molecule has 3 N–H and O–H groups in total. The Hall–Kier alpha value is -5.59. The van der Waals surface area contributed by atoms with Crippen LogP contribution >= 0.6 is 11.6 Å². The van der Waals surface area contributed by atoms with Crippen LogP contribution in [0.2, 0.25) is 5.02 Å². The first-order valence-corrected chi connectivity index (χ1v) is 20.5. The molecular formula is C43H47ClN8O7. The van der Waals surface area contributed by atoms with Gasteiger partial charge in [-0.05, 0) is 87.0 Å². The van der Waals surface area contributed by atoms with Crippen molar-refractivity contribution in [3.05, 3.63) is 75.9 Å². The number of rotatable bonds is 11. The normalized spacial score (nSPS) is 25.9. The Bertz CT molecular complexity index is 2230. The van der Waals surface area contributed by atoms with Crippen molar-refractivity contribution in [3.8, 4) is 17.6 Å².